The Hall–Kier alpha value is -2.53. The van der Waals surface area contributed by atoms with Crippen LogP contribution in [0, 0.1) is 0 Å². The first-order chi connectivity index (χ1) is 12.1. The van der Waals surface area contributed by atoms with Crippen LogP contribution in [-0.4, -0.2) is 18.5 Å². The highest BCUT2D eigenvalue weighted by Gasteiger charge is 2.30. The smallest absolute Gasteiger partial charge is 0.311 e. The summed E-state index contributed by atoms with van der Waals surface area (Å²) in [5, 5.41) is 3.34. The zero-order chi connectivity index (χ0) is 17.8. The minimum absolute atomic E-state index is 0.132. The van der Waals surface area contributed by atoms with Gasteiger partial charge in [0.15, 0.2) is 0 Å². The Bertz CT molecular complexity index is 789. The Labute approximate surface area is 150 Å². The SMILES string of the molecule is CCOc1ccc(NC(=O)C[C@@H]2CC(=O)Oc3cccc(Cl)c32)cc1. The topological polar surface area (TPSA) is 64.6 Å². The normalized spacial score (nSPS) is 15.9. The van der Waals surface area contributed by atoms with Crippen LogP contribution in [0.4, 0.5) is 5.69 Å². The van der Waals surface area contributed by atoms with Gasteiger partial charge in [0.25, 0.3) is 0 Å². The number of halogens is 1. The number of benzene rings is 2. The molecule has 1 amide bonds. The number of carbonyl (C=O) groups is 2. The van der Waals surface area contributed by atoms with E-state index >= 15 is 0 Å². The maximum Gasteiger partial charge on any atom is 0.311 e. The molecule has 0 aromatic heterocycles. The van der Waals surface area contributed by atoms with Crippen LogP contribution in [0.2, 0.25) is 5.02 Å². The molecule has 3 rings (SSSR count). The van der Waals surface area contributed by atoms with Crippen molar-refractivity contribution in [2.75, 3.05) is 11.9 Å². The molecule has 1 heterocycles. The molecule has 1 atom stereocenters. The van der Waals surface area contributed by atoms with Crippen LogP contribution >= 0.6 is 11.6 Å². The van der Waals surface area contributed by atoms with Gasteiger partial charge in [-0.05, 0) is 43.3 Å². The minimum Gasteiger partial charge on any atom is -0.494 e. The van der Waals surface area contributed by atoms with E-state index in [0.717, 1.165) is 5.75 Å². The zero-order valence-electron chi connectivity index (χ0n) is 13.8. The van der Waals surface area contributed by atoms with E-state index in [4.69, 9.17) is 21.1 Å². The van der Waals surface area contributed by atoms with E-state index in [1.54, 1.807) is 42.5 Å². The highest BCUT2D eigenvalue weighted by atomic mass is 35.5. The largest absolute Gasteiger partial charge is 0.494 e. The van der Waals surface area contributed by atoms with Gasteiger partial charge in [0.2, 0.25) is 5.91 Å². The minimum atomic E-state index is -0.353. The summed E-state index contributed by atoms with van der Waals surface area (Å²) < 4.78 is 10.6. The summed E-state index contributed by atoms with van der Waals surface area (Å²) in [6, 6.07) is 12.3. The molecule has 1 aliphatic rings. The first-order valence-corrected chi connectivity index (χ1v) is 8.46. The fourth-order valence-corrected chi connectivity index (χ4v) is 3.20. The molecule has 130 valence electrons. The third-order valence-electron chi connectivity index (χ3n) is 3.94. The third-order valence-corrected chi connectivity index (χ3v) is 4.27. The number of ether oxygens (including phenoxy) is 2. The Kier molecular flexibility index (Phi) is 5.24. The van der Waals surface area contributed by atoms with Crippen LogP contribution in [0.15, 0.2) is 42.5 Å². The summed E-state index contributed by atoms with van der Waals surface area (Å²) in [5.74, 6) is 0.342. The number of hydrogen-bond donors (Lipinski definition) is 1. The summed E-state index contributed by atoms with van der Waals surface area (Å²) in [4.78, 5) is 24.2. The van der Waals surface area contributed by atoms with Crippen LogP contribution in [0.3, 0.4) is 0 Å². The van der Waals surface area contributed by atoms with Gasteiger partial charge in [-0.15, -0.1) is 0 Å². The van der Waals surface area contributed by atoms with Crippen molar-refractivity contribution in [1.29, 1.82) is 0 Å². The van der Waals surface area contributed by atoms with E-state index in [0.29, 0.717) is 28.6 Å². The maximum absolute atomic E-state index is 12.4. The molecule has 0 radical (unpaired) electrons. The van der Waals surface area contributed by atoms with E-state index < -0.39 is 0 Å². The van der Waals surface area contributed by atoms with Crippen molar-refractivity contribution in [2.24, 2.45) is 0 Å². The number of esters is 1. The fraction of sp³-hybridized carbons (Fsp3) is 0.263. The highest BCUT2D eigenvalue weighted by molar-refractivity contribution is 6.31. The van der Waals surface area contributed by atoms with Crippen LogP contribution in [0.5, 0.6) is 11.5 Å². The van der Waals surface area contributed by atoms with Gasteiger partial charge in [-0.25, -0.2) is 0 Å². The summed E-state index contributed by atoms with van der Waals surface area (Å²) in [5.41, 5.74) is 1.39. The van der Waals surface area contributed by atoms with Gasteiger partial charge in [-0.3, -0.25) is 9.59 Å². The van der Waals surface area contributed by atoms with Gasteiger partial charge in [0, 0.05) is 28.6 Å². The molecule has 0 bridgehead atoms. The van der Waals surface area contributed by atoms with E-state index in [9.17, 15) is 9.59 Å². The predicted octanol–water partition coefficient (Wildman–Crippen LogP) is 4.16. The molecule has 2 aromatic carbocycles. The molecule has 0 saturated carbocycles. The molecule has 0 unspecified atom stereocenters. The Morgan fingerprint density at radius 2 is 2.04 bits per heavy atom. The highest BCUT2D eigenvalue weighted by Crippen LogP contribution is 2.40. The molecular weight excluding hydrogens is 342 g/mol. The van der Waals surface area contributed by atoms with Gasteiger partial charge < -0.3 is 14.8 Å². The van der Waals surface area contributed by atoms with Gasteiger partial charge in [-0.2, -0.15) is 0 Å². The lowest BCUT2D eigenvalue weighted by Gasteiger charge is -2.25. The van der Waals surface area contributed by atoms with Crippen molar-refractivity contribution >= 4 is 29.2 Å². The standard InChI is InChI=1S/C19H18ClNO4/c1-2-24-14-8-6-13(7-9-14)21-17(22)10-12-11-18(23)25-16-5-3-4-15(20)19(12)16/h3-9,12H,2,10-11H2,1H3,(H,21,22)/t12-/m1/s1. The van der Waals surface area contributed by atoms with E-state index in [2.05, 4.69) is 5.32 Å². The molecule has 1 aliphatic heterocycles. The van der Waals surface area contributed by atoms with Crippen LogP contribution in [0.25, 0.3) is 0 Å². The van der Waals surface area contributed by atoms with E-state index in [1.165, 1.54) is 0 Å². The van der Waals surface area contributed by atoms with E-state index in [-0.39, 0.29) is 30.6 Å². The third kappa shape index (κ3) is 4.12. The molecule has 0 fully saturated rings. The molecule has 1 N–H and O–H groups in total. The van der Waals surface area contributed by atoms with Crippen molar-refractivity contribution in [2.45, 2.75) is 25.7 Å². The molecule has 25 heavy (non-hydrogen) atoms. The summed E-state index contributed by atoms with van der Waals surface area (Å²) in [7, 11) is 0. The molecule has 2 aromatic rings. The first kappa shape index (κ1) is 17.3. The van der Waals surface area contributed by atoms with Crippen molar-refractivity contribution in [3.8, 4) is 11.5 Å². The number of hydrogen-bond acceptors (Lipinski definition) is 4. The van der Waals surface area contributed by atoms with Gasteiger partial charge >= 0.3 is 5.97 Å². The summed E-state index contributed by atoms with van der Waals surface area (Å²) in [6.45, 7) is 2.50. The monoisotopic (exact) mass is 359 g/mol. The molecule has 0 aliphatic carbocycles. The number of nitrogens with one attached hydrogen (secondary N) is 1. The average Bonchev–Trinajstić information content (AvgIpc) is 2.56. The van der Waals surface area contributed by atoms with Gasteiger partial charge in [0.1, 0.15) is 11.5 Å². The second-order valence-corrected chi connectivity index (χ2v) is 6.14. The number of amides is 1. The number of anilines is 1. The van der Waals surface area contributed by atoms with Crippen molar-refractivity contribution in [1.82, 2.24) is 0 Å². The van der Waals surface area contributed by atoms with Crippen LogP contribution < -0.4 is 14.8 Å². The Morgan fingerprint density at radius 3 is 2.76 bits per heavy atom. The zero-order valence-corrected chi connectivity index (χ0v) is 14.5. The maximum atomic E-state index is 12.4. The second kappa shape index (κ2) is 7.57. The number of carbonyl (C=O) groups excluding carboxylic acids is 2. The Balaban J connectivity index is 1.70. The lowest BCUT2D eigenvalue weighted by Crippen LogP contribution is -2.24. The first-order valence-electron chi connectivity index (χ1n) is 8.08. The molecule has 0 spiro atoms. The quantitative estimate of drug-likeness (QED) is 0.643. The summed E-state index contributed by atoms with van der Waals surface area (Å²) in [6.07, 6.45) is 0.284. The van der Waals surface area contributed by atoms with Crippen LogP contribution in [0.1, 0.15) is 31.2 Å². The number of rotatable bonds is 5. The average molecular weight is 360 g/mol. The molecule has 5 nitrogen and oxygen atoms in total. The number of fused-ring (bicyclic) bond motifs is 1. The van der Waals surface area contributed by atoms with Crippen LogP contribution in [-0.2, 0) is 9.59 Å². The van der Waals surface area contributed by atoms with Gasteiger partial charge in [-0.1, -0.05) is 17.7 Å². The Morgan fingerprint density at radius 1 is 1.28 bits per heavy atom. The van der Waals surface area contributed by atoms with Crippen molar-refractivity contribution in [3.05, 3.63) is 53.1 Å². The summed E-state index contributed by atoms with van der Waals surface area (Å²) >= 11 is 6.24. The van der Waals surface area contributed by atoms with Gasteiger partial charge in [0.05, 0.1) is 13.0 Å². The lowest BCUT2D eigenvalue weighted by atomic mass is 9.89. The molecule has 6 heteroatoms. The predicted molar refractivity (Wildman–Crippen MR) is 95.3 cm³/mol. The lowest BCUT2D eigenvalue weighted by molar-refractivity contribution is -0.136. The molecule has 0 saturated heterocycles. The second-order valence-electron chi connectivity index (χ2n) is 5.74. The van der Waals surface area contributed by atoms with Crippen molar-refractivity contribution < 1.29 is 19.1 Å². The molecular formula is C19H18ClNO4. The fourth-order valence-electron chi connectivity index (χ4n) is 2.88. The van der Waals surface area contributed by atoms with E-state index in [1.807, 2.05) is 6.92 Å². The van der Waals surface area contributed by atoms with Crippen molar-refractivity contribution in [3.63, 3.8) is 0 Å².